The maximum atomic E-state index is 12.2. The van der Waals surface area contributed by atoms with Crippen molar-refractivity contribution in [2.75, 3.05) is 0 Å². The van der Waals surface area contributed by atoms with Gasteiger partial charge in [-0.05, 0) is 35.2 Å². The average Bonchev–Trinajstić information content (AvgIpc) is 2.79. The van der Waals surface area contributed by atoms with Crippen LogP contribution in [0.3, 0.4) is 0 Å². The van der Waals surface area contributed by atoms with E-state index in [4.69, 9.17) is 5.73 Å². The molecule has 0 radical (unpaired) electrons. The predicted molar refractivity (Wildman–Crippen MR) is 63.0 cm³/mol. The van der Waals surface area contributed by atoms with Crippen LogP contribution in [0, 0.1) is 5.41 Å². The van der Waals surface area contributed by atoms with Crippen LogP contribution in [0.25, 0.3) is 0 Å². The topological polar surface area (TPSA) is 43.1 Å². The fraction of sp³-hybridized carbons (Fsp3) is 0.583. The third-order valence-electron chi connectivity index (χ3n) is 3.61. The molecule has 1 fully saturated rings. The van der Waals surface area contributed by atoms with Gasteiger partial charge in [-0.1, -0.05) is 13.3 Å². The second-order valence-electron chi connectivity index (χ2n) is 4.65. The summed E-state index contributed by atoms with van der Waals surface area (Å²) in [6.45, 7) is 2.03. The van der Waals surface area contributed by atoms with Gasteiger partial charge in [-0.15, -0.1) is 0 Å². The molecule has 0 saturated heterocycles. The first-order valence-electron chi connectivity index (χ1n) is 5.43. The summed E-state index contributed by atoms with van der Waals surface area (Å²) >= 11 is 1.64. The van der Waals surface area contributed by atoms with Crippen molar-refractivity contribution in [3.63, 3.8) is 0 Å². The summed E-state index contributed by atoms with van der Waals surface area (Å²) in [4.78, 5) is 12.2. The zero-order valence-electron chi connectivity index (χ0n) is 9.03. The molecule has 0 aromatic carbocycles. The molecule has 1 aliphatic carbocycles. The van der Waals surface area contributed by atoms with E-state index in [1.807, 2.05) is 23.8 Å². The molecule has 0 bridgehead atoms. The zero-order chi connectivity index (χ0) is 10.9. The van der Waals surface area contributed by atoms with Crippen LogP contribution in [-0.2, 0) is 11.2 Å². The second kappa shape index (κ2) is 4.06. The first-order valence-corrected chi connectivity index (χ1v) is 6.37. The predicted octanol–water partition coefficient (Wildman–Crippen LogP) is 2.38. The zero-order valence-corrected chi connectivity index (χ0v) is 9.85. The highest BCUT2D eigenvalue weighted by atomic mass is 32.1. The number of nitrogens with two attached hydrogens (primary N) is 1. The summed E-state index contributed by atoms with van der Waals surface area (Å²) in [5.41, 5.74) is 6.88. The largest absolute Gasteiger partial charge is 0.327 e. The van der Waals surface area contributed by atoms with Crippen molar-refractivity contribution in [1.29, 1.82) is 0 Å². The summed E-state index contributed by atoms with van der Waals surface area (Å²) in [6, 6.07) is 2.08. The maximum Gasteiger partial charge on any atom is 0.144 e. The Morgan fingerprint density at radius 2 is 2.53 bits per heavy atom. The van der Waals surface area contributed by atoms with Crippen LogP contribution in [0.5, 0.6) is 0 Å². The minimum Gasteiger partial charge on any atom is -0.327 e. The lowest BCUT2D eigenvalue weighted by Crippen LogP contribution is -2.41. The molecule has 2 N–H and O–H groups in total. The van der Waals surface area contributed by atoms with Gasteiger partial charge in [0.2, 0.25) is 0 Å². The van der Waals surface area contributed by atoms with Crippen molar-refractivity contribution >= 4 is 17.1 Å². The first kappa shape index (κ1) is 10.8. The minimum absolute atomic E-state index is 0.0589. The Morgan fingerprint density at radius 3 is 3.07 bits per heavy atom. The van der Waals surface area contributed by atoms with Crippen LogP contribution in [-0.4, -0.2) is 11.8 Å². The number of carbonyl (C=O) groups is 1. The van der Waals surface area contributed by atoms with Gasteiger partial charge in [0.1, 0.15) is 5.78 Å². The number of hydrogen-bond acceptors (Lipinski definition) is 3. The van der Waals surface area contributed by atoms with E-state index in [-0.39, 0.29) is 11.5 Å². The molecule has 2 atom stereocenters. The highest BCUT2D eigenvalue weighted by Crippen LogP contribution is 2.38. The fourth-order valence-corrected chi connectivity index (χ4v) is 2.99. The molecular formula is C12H17NOS. The van der Waals surface area contributed by atoms with Gasteiger partial charge in [0, 0.05) is 17.9 Å². The van der Waals surface area contributed by atoms with Crippen LogP contribution in [0.4, 0.5) is 0 Å². The van der Waals surface area contributed by atoms with Gasteiger partial charge in [0.15, 0.2) is 0 Å². The molecule has 1 saturated carbocycles. The minimum atomic E-state index is -0.276. The number of carbonyl (C=O) groups excluding carboxylic acids is 1. The van der Waals surface area contributed by atoms with Crippen LogP contribution in [0.2, 0.25) is 0 Å². The van der Waals surface area contributed by atoms with Gasteiger partial charge in [-0.2, -0.15) is 11.3 Å². The van der Waals surface area contributed by atoms with E-state index in [0.717, 1.165) is 24.8 Å². The Bertz CT molecular complexity index is 347. The molecular weight excluding hydrogens is 206 g/mol. The van der Waals surface area contributed by atoms with E-state index in [2.05, 4.69) is 0 Å². The number of ketones is 1. The third kappa shape index (κ3) is 1.99. The third-order valence-corrected chi connectivity index (χ3v) is 4.34. The first-order chi connectivity index (χ1) is 7.13. The van der Waals surface area contributed by atoms with Gasteiger partial charge in [-0.25, -0.2) is 0 Å². The summed E-state index contributed by atoms with van der Waals surface area (Å²) in [7, 11) is 0. The lowest BCUT2D eigenvalue weighted by atomic mass is 9.79. The number of thiophene rings is 1. The molecule has 0 spiro atoms. The molecule has 2 rings (SSSR count). The van der Waals surface area contributed by atoms with Crippen LogP contribution >= 0.6 is 11.3 Å². The molecule has 1 aromatic rings. The standard InChI is InChI=1S/C12H17NOS/c1-12(5-2-3-10(12)13)11(14)7-9-4-6-15-8-9/h4,6,8,10H,2-3,5,7,13H2,1H3. The van der Waals surface area contributed by atoms with E-state index in [1.165, 1.54) is 0 Å². The SMILES string of the molecule is CC1(C(=O)Cc2ccsc2)CCCC1N. The molecule has 2 nitrogen and oxygen atoms in total. The Kier molecular flexibility index (Phi) is 2.94. The summed E-state index contributed by atoms with van der Waals surface area (Å²) in [5.74, 6) is 0.311. The van der Waals surface area contributed by atoms with E-state index < -0.39 is 0 Å². The molecule has 1 heterocycles. The van der Waals surface area contributed by atoms with Crippen molar-refractivity contribution in [1.82, 2.24) is 0 Å². The van der Waals surface area contributed by atoms with Crippen molar-refractivity contribution in [3.05, 3.63) is 22.4 Å². The lowest BCUT2D eigenvalue weighted by molar-refractivity contribution is -0.127. The van der Waals surface area contributed by atoms with E-state index in [0.29, 0.717) is 12.2 Å². The van der Waals surface area contributed by atoms with Crippen LogP contribution in [0.1, 0.15) is 31.7 Å². The molecule has 2 unspecified atom stereocenters. The molecule has 3 heteroatoms. The highest BCUT2D eigenvalue weighted by Gasteiger charge is 2.42. The number of rotatable bonds is 3. The smallest absolute Gasteiger partial charge is 0.144 e. The summed E-state index contributed by atoms with van der Waals surface area (Å²) < 4.78 is 0. The maximum absolute atomic E-state index is 12.2. The molecule has 82 valence electrons. The van der Waals surface area contributed by atoms with Crippen molar-refractivity contribution in [2.24, 2.45) is 11.1 Å². The van der Waals surface area contributed by atoms with Gasteiger partial charge in [0.25, 0.3) is 0 Å². The highest BCUT2D eigenvalue weighted by molar-refractivity contribution is 7.07. The van der Waals surface area contributed by atoms with Gasteiger partial charge < -0.3 is 5.73 Å². The van der Waals surface area contributed by atoms with Gasteiger partial charge in [-0.3, -0.25) is 4.79 Å². The van der Waals surface area contributed by atoms with E-state index in [9.17, 15) is 4.79 Å². The van der Waals surface area contributed by atoms with Crippen molar-refractivity contribution in [2.45, 2.75) is 38.6 Å². The lowest BCUT2D eigenvalue weighted by Gasteiger charge is -2.27. The Hall–Kier alpha value is -0.670. The number of hydrogen-bond donors (Lipinski definition) is 1. The monoisotopic (exact) mass is 223 g/mol. The van der Waals surface area contributed by atoms with Gasteiger partial charge >= 0.3 is 0 Å². The normalized spacial score (nSPS) is 30.7. The number of Topliss-reactive ketones (excluding diaryl/α,β-unsaturated/α-hetero) is 1. The summed E-state index contributed by atoms with van der Waals surface area (Å²) in [5, 5.41) is 4.06. The van der Waals surface area contributed by atoms with Crippen molar-refractivity contribution in [3.8, 4) is 0 Å². The molecule has 1 aliphatic rings. The molecule has 15 heavy (non-hydrogen) atoms. The quantitative estimate of drug-likeness (QED) is 0.855. The Labute approximate surface area is 94.5 Å². The van der Waals surface area contributed by atoms with Gasteiger partial charge in [0.05, 0.1) is 0 Å². The van der Waals surface area contributed by atoms with Crippen LogP contribution in [0.15, 0.2) is 16.8 Å². The van der Waals surface area contributed by atoms with Crippen molar-refractivity contribution < 1.29 is 4.79 Å². The fourth-order valence-electron chi connectivity index (χ4n) is 2.32. The van der Waals surface area contributed by atoms with Crippen LogP contribution < -0.4 is 5.73 Å². The Morgan fingerprint density at radius 1 is 1.73 bits per heavy atom. The van der Waals surface area contributed by atoms with E-state index in [1.54, 1.807) is 11.3 Å². The summed E-state index contributed by atoms with van der Waals surface area (Å²) in [6.07, 6.45) is 3.59. The molecule has 0 amide bonds. The second-order valence-corrected chi connectivity index (χ2v) is 5.43. The molecule has 1 aromatic heterocycles. The molecule has 0 aliphatic heterocycles. The van der Waals surface area contributed by atoms with E-state index >= 15 is 0 Å². The Balaban J connectivity index is 2.07. The average molecular weight is 223 g/mol.